The fourth-order valence-electron chi connectivity index (χ4n) is 3.22. The first-order valence-corrected chi connectivity index (χ1v) is 9.05. The van der Waals surface area contributed by atoms with Crippen LogP contribution in [0.4, 0.5) is 0 Å². The van der Waals surface area contributed by atoms with Gasteiger partial charge >= 0.3 is 0 Å². The van der Waals surface area contributed by atoms with Crippen LogP contribution in [-0.4, -0.2) is 51.2 Å². The van der Waals surface area contributed by atoms with E-state index in [9.17, 15) is 0 Å². The predicted molar refractivity (Wildman–Crippen MR) is 101 cm³/mol. The van der Waals surface area contributed by atoms with Gasteiger partial charge in [-0.3, -0.25) is 4.99 Å². The van der Waals surface area contributed by atoms with Crippen LogP contribution >= 0.6 is 0 Å². The van der Waals surface area contributed by atoms with Crippen molar-refractivity contribution in [3.05, 3.63) is 29.8 Å². The second-order valence-corrected chi connectivity index (χ2v) is 6.40. The Hall–Kier alpha value is -1.75. The number of ether oxygens (including phenoxy) is 1. The summed E-state index contributed by atoms with van der Waals surface area (Å²) in [5.74, 6) is 2.50. The number of nitrogens with one attached hydrogen (secondary N) is 2. The number of piperidine rings is 1. The number of rotatable bonds is 7. The number of para-hydroxylation sites is 1. The van der Waals surface area contributed by atoms with E-state index in [1.54, 1.807) is 7.11 Å². The van der Waals surface area contributed by atoms with Gasteiger partial charge in [0, 0.05) is 25.7 Å². The number of guanidine groups is 1. The quantitative estimate of drug-likeness (QED) is 0.595. The van der Waals surface area contributed by atoms with E-state index in [1.165, 1.54) is 38.9 Å². The zero-order valence-electron chi connectivity index (χ0n) is 15.3. The Labute approximate surface area is 146 Å². The Balaban J connectivity index is 1.73. The van der Waals surface area contributed by atoms with E-state index < -0.39 is 0 Å². The summed E-state index contributed by atoms with van der Waals surface area (Å²) in [4.78, 5) is 6.91. The van der Waals surface area contributed by atoms with Crippen LogP contribution in [0.5, 0.6) is 5.75 Å². The highest BCUT2D eigenvalue weighted by Gasteiger charge is 2.18. The van der Waals surface area contributed by atoms with Crippen LogP contribution in [0.1, 0.15) is 31.7 Å². The van der Waals surface area contributed by atoms with Crippen LogP contribution in [-0.2, 0) is 6.54 Å². The monoisotopic (exact) mass is 332 g/mol. The van der Waals surface area contributed by atoms with Crippen LogP contribution in [0.25, 0.3) is 0 Å². The molecule has 1 fully saturated rings. The first-order valence-electron chi connectivity index (χ1n) is 9.05. The van der Waals surface area contributed by atoms with Crippen molar-refractivity contribution in [1.82, 2.24) is 15.5 Å². The molecule has 134 valence electrons. The number of likely N-dealkylation sites (tertiary alicyclic amines) is 1. The van der Waals surface area contributed by atoms with Crippen LogP contribution < -0.4 is 15.4 Å². The van der Waals surface area contributed by atoms with Crippen molar-refractivity contribution in [3.8, 4) is 5.75 Å². The maximum absolute atomic E-state index is 5.39. The number of aliphatic imine (C=N–C) groups is 1. The Bertz CT molecular complexity index is 510. The molecule has 24 heavy (non-hydrogen) atoms. The number of hydrogen-bond donors (Lipinski definition) is 2. The number of nitrogens with zero attached hydrogens (tertiary/aromatic N) is 2. The van der Waals surface area contributed by atoms with Crippen LogP contribution in [0.15, 0.2) is 29.3 Å². The molecular formula is C19H32N4O. The Kier molecular flexibility index (Phi) is 7.89. The highest BCUT2D eigenvalue weighted by atomic mass is 16.5. The van der Waals surface area contributed by atoms with E-state index in [4.69, 9.17) is 4.74 Å². The van der Waals surface area contributed by atoms with Gasteiger partial charge in [0.15, 0.2) is 5.96 Å². The summed E-state index contributed by atoms with van der Waals surface area (Å²) in [6, 6.07) is 8.07. The molecule has 1 aliphatic rings. The lowest BCUT2D eigenvalue weighted by Gasteiger charge is -2.32. The zero-order chi connectivity index (χ0) is 17.2. The molecule has 0 unspecified atom stereocenters. The standard InChI is InChI=1S/C19H32N4O/c1-4-11-23-12-9-16(10-13-23)14-21-19(20-2)22-15-17-7-5-6-8-18(17)24-3/h5-8,16H,4,9-15H2,1-3H3,(H2,20,21,22). The number of hydrogen-bond acceptors (Lipinski definition) is 3. The summed E-state index contributed by atoms with van der Waals surface area (Å²) in [6.45, 7) is 7.65. The predicted octanol–water partition coefficient (Wildman–Crippen LogP) is 2.48. The maximum atomic E-state index is 5.39. The molecule has 1 aromatic rings. The van der Waals surface area contributed by atoms with Crippen LogP contribution in [0.2, 0.25) is 0 Å². The van der Waals surface area contributed by atoms with E-state index in [0.29, 0.717) is 6.54 Å². The van der Waals surface area contributed by atoms with Crippen LogP contribution in [0, 0.1) is 5.92 Å². The number of benzene rings is 1. The molecule has 0 amide bonds. The average molecular weight is 332 g/mol. The molecule has 0 aromatic heterocycles. The largest absolute Gasteiger partial charge is 0.496 e. The fraction of sp³-hybridized carbons (Fsp3) is 0.632. The lowest BCUT2D eigenvalue weighted by molar-refractivity contribution is 0.185. The molecule has 1 saturated heterocycles. The topological polar surface area (TPSA) is 48.9 Å². The highest BCUT2D eigenvalue weighted by molar-refractivity contribution is 5.79. The van der Waals surface area contributed by atoms with Crippen molar-refractivity contribution in [2.45, 2.75) is 32.7 Å². The van der Waals surface area contributed by atoms with Gasteiger partial charge in [-0.25, -0.2) is 0 Å². The SMILES string of the molecule is CCCN1CCC(CNC(=NC)NCc2ccccc2OC)CC1. The normalized spacial score (nSPS) is 16.9. The third kappa shape index (κ3) is 5.71. The van der Waals surface area contributed by atoms with E-state index in [0.717, 1.165) is 29.7 Å². The maximum Gasteiger partial charge on any atom is 0.191 e. The third-order valence-electron chi connectivity index (χ3n) is 4.67. The van der Waals surface area contributed by atoms with Crippen molar-refractivity contribution >= 4 is 5.96 Å². The molecule has 0 radical (unpaired) electrons. The molecule has 2 rings (SSSR count). The smallest absolute Gasteiger partial charge is 0.191 e. The Morgan fingerprint density at radius 3 is 2.67 bits per heavy atom. The summed E-state index contributed by atoms with van der Waals surface area (Å²) >= 11 is 0. The van der Waals surface area contributed by atoms with Crippen molar-refractivity contribution in [2.24, 2.45) is 10.9 Å². The second kappa shape index (κ2) is 10.2. The van der Waals surface area contributed by atoms with Crippen LogP contribution in [0.3, 0.4) is 0 Å². The first-order chi connectivity index (χ1) is 11.8. The average Bonchev–Trinajstić information content (AvgIpc) is 2.63. The summed E-state index contributed by atoms with van der Waals surface area (Å²) < 4.78 is 5.39. The van der Waals surface area contributed by atoms with Crippen molar-refractivity contribution in [2.75, 3.05) is 40.3 Å². The summed E-state index contributed by atoms with van der Waals surface area (Å²) in [7, 11) is 3.53. The number of methoxy groups -OCH3 is 1. The van der Waals surface area contributed by atoms with Gasteiger partial charge in [-0.2, -0.15) is 0 Å². The molecule has 0 spiro atoms. The van der Waals surface area contributed by atoms with Gasteiger partial charge in [0.2, 0.25) is 0 Å². The summed E-state index contributed by atoms with van der Waals surface area (Å²) in [5.41, 5.74) is 1.14. The van der Waals surface area contributed by atoms with Gasteiger partial charge in [0.1, 0.15) is 5.75 Å². The Morgan fingerprint density at radius 2 is 2.00 bits per heavy atom. The minimum Gasteiger partial charge on any atom is -0.496 e. The molecule has 5 nitrogen and oxygen atoms in total. The van der Waals surface area contributed by atoms with E-state index in [2.05, 4.69) is 33.5 Å². The molecule has 1 aliphatic heterocycles. The van der Waals surface area contributed by atoms with E-state index in [1.807, 2.05) is 25.2 Å². The minimum atomic E-state index is 0.707. The summed E-state index contributed by atoms with van der Waals surface area (Å²) in [5, 5.41) is 6.85. The molecule has 5 heteroatoms. The van der Waals surface area contributed by atoms with Gasteiger partial charge in [-0.15, -0.1) is 0 Å². The highest BCUT2D eigenvalue weighted by Crippen LogP contribution is 2.17. The summed E-state index contributed by atoms with van der Waals surface area (Å²) in [6.07, 6.45) is 3.80. The van der Waals surface area contributed by atoms with Gasteiger partial charge in [-0.1, -0.05) is 25.1 Å². The molecular weight excluding hydrogens is 300 g/mol. The lowest BCUT2D eigenvalue weighted by Crippen LogP contribution is -2.42. The lowest BCUT2D eigenvalue weighted by atomic mass is 9.97. The molecule has 0 aliphatic carbocycles. The minimum absolute atomic E-state index is 0.707. The molecule has 0 atom stereocenters. The van der Waals surface area contributed by atoms with Gasteiger partial charge in [0.25, 0.3) is 0 Å². The van der Waals surface area contributed by atoms with Crippen molar-refractivity contribution in [1.29, 1.82) is 0 Å². The zero-order valence-corrected chi connectivity index (χ0v) is 15.3. The van der Waals surface area contributed by atoms with E-state index in [-0.39, 0.29) is 0 Å². The first kappa shape index (κ1) is 18.6. The second-order valence-electron chi connectivity index (χ2n) is 6.40. The molecule has 2 N–H and O–H groups in total. The molecule has 0 bridgehead atoms. The Morgan fingerprint density at radius 1 is 1.25 bits per heavy atom. The molecule has 0 saturated carbocycles. The van der Waals surface area contributed by atoms with Gasteiger partial charge in [-0.05, 0) is 50.9 Å². The van der Waals surface area contributed by atoms with Gasteiger partial charge in [0.05, 0.1) is 7.11 Å². The van der Waals surface area contributed by atoms with Crippen molar-refractivity contribution in [3.63, 3.8) is 0 Å². The van der Waals surface area contributed by atoms with Gasteiger partial charge < -0.3 is 20.3 Å². The van der Waals surface area contributed by atoms with Crippen molar-refractivity contribution < 1.29 is 4.74 Å². The van der Waals surface area contributed by atoms with E-state index >= 15 is 0 Å². The molecule has 1 heterocycles. The fourth-order valence-corrected chi connectivity index (χ4v) is 3.22. The molecule has 1 aromatic carbocycles. The third-order valence-corrected chi connectivity index (χ3v) is 4.67.